The number of rotatable bonds is 5. The number of furan rings is 1. The molecule has 3 heterocycles. The molecule has 3 aromatic heterocycles. The molecule has 0 atom stereocenters. The van der Waals surface area contributed by atoms with Crippen molar-refractivity contribution in [1.82, 2.24) is 20.0 Å². The number of para-hydroxylation sites is 1. The Balaban J connectivity index is 0.000000247. The fraction of sp³-hybridized carbons (Fsp3) is 0.107. The van der Waals surface area contributed by atoms with Gasteiger partial charge in [0.1, 0.15) is 11.4 Å². The first-order valence-electron chi connectivity index (χ1n) is 11.3. The van der Waals surface area contributed by atoms with Crippen LogP contribution < -0.4 is 4.74 Å². The van der Waals surface area contributed by atoms with Crippen molar-refractivity contribution in [3.05, 3.63) is 102 Å². The Bertz CT molecular complexity index is 1580. The molecule has 0 bridgehead atoms. The molecule has 0 saturated carbocycles. The van der Waals surface area contributed by atoms with E-state index >= 15 is 0 Å². The van der Waals surface area contributed by atoms with Gasteiger partial charge in [0, 0.05) is 16.8 Å². The Labute approximate surface area is 207 Å². The van der Waals surface area contributed by atoms with Gasteiger partial charge in [0.05, 0.1) is 38.0 Å². The summed E-state index contributed by atoms with van der Waals surface area (Å²) in [4.78, 5) is 11.7. The summed E-state index contributed by atoms with van der Waals surface area (Å²) in [5.41, 5.74) is 3.81. The van der Waals surface area contributed by atoms with Crippen LogP contribution in [0.5, 0.6) is 5.75 Å². The van der Waals surface area contributed by atoms with Gasteiger partial charge in [-0.25, -0.2) is 4.79 Å². The topological polar surface area (TPSA) is 95.2 Å². The predicted octanol–water partition coefficient (Wildman–Crippen LogP) is 5.70. The number of benzene rings is 3. The first-order valence-corrected chi connectivity index (χ1v) is 11.3. The van der Waals surface area contributed by atoms with E-state index in [2.05, 4.69) is 22.3 Å². The number of carbonyl (C=O) groups excluding carboxylic acids is 1. The van der Waals surface area contributed by atoms with Gasteiger partial charge in [0.25, 0.3) is 0 Å². The third-order valence-corrected chi connectivity index (χ3v) is 5.71. The molecule has 0 aliphatic heterocycles. The summed E-state index contributed by atoms with van der Waals surface area (Å²) in [6.07, 6.45) is 1.81. The SMILES string of the molecule is COC(=O)c1ccc(-c2nn(Cc3ccccc3)c3cc(OC)ccc23)o1.c1ccc2[nH]ncc2c1. The molecule has 180 valence electrons. The average Bonchev–Trinajstić information content (AvgIpc) is 3.68. The maximum atomic E-state index is 11.7. The van der Waals surface area contributed by atoms with E-state index in [0.717, 1.165) is 33.1 Å². The zero-order valence-electron chi connectivity index (χ0n) is 19.8. The number of aromatic amines is 1. The van der Waals surface area contributed by atoms with E-state index in [1.165, 1.54) is 7.11 Å². The third kappa shape index (κ3) is 4.69. The second kappa shape index (κ2) is 10.2. The molecule has 0 saturated heterocycles. The molecule has 0 amide bonds. The van der Waals surface area contributed by atoms with Gasteiger partial charge in [-0.2, -0.15) is 10.2 Å². The molecule has 3 aromatic carbocycles. The van der Waals surface area contributed by atoms with Gasteiger partial charge in [-0.3, -0.25) is 9.78 Å². The fourth-order valence-electron chi connectivity index (χ4n) is 3.90. The Hall–Kier alpha value is -4.85. The summed E-state index contributed by atoms with van der Waals surface area (Å²) < 4.78 is 17.7. The number of ether oxygens (including phenoxy) is 2. The normalized spacial score (nSPS) is 10.7. The monoisotopic (exact) mass is 480 g/mol. The first kappa shape index (κ1) is 22.9. The average molecular weight is 481 g/mol. The minimum Gasteiger partial charge on any atom is -0.497 e. The van der Waals surface area contributed by atoms with Crippen LogP contribution in [0.15, 0.2) is 95.5 Å². The van der Waals surface area contributed by atoms with Gasteiger partial charge in [-0.05, 0) is 35.9 Å². The number of aromatic nitrogens is 4. The number of hydrogen-bond acceptors (Lipinski definition) is 6. The number of methoxy groups -OCH3 is 2. The summed E-state index contributed by atoms with van der Waals surface area (Å²) in [5.74, 6) is 0.887. The van der Waals surface area contributed by atoms with Crippen molar-refractivity contribution in [2.24, 2.45) is 0 Å². The predicted molar refractivity (Wildman–Crippen MR) is 137 cm³/mol. The number of nitrogens with zero attached hydrogens (tertiary/aromatic N) is 3. The zero-order chi connectivity index (χ0) is 24.9. The molecule has 0 spiro atoms. The zero-order valence-corrected chi connectivity index (χ0v) is 19.8. The number of nitrogens with one attached hydrogen (secondary N) is 1. The van der Waals surface area contributed by atoms with Crippen molar-refractivity contribution in [2.75, 3.05) is 14.2 Å². The van der Waals surface area contributed by atoms with Gasteiger partial charge in [0.15, 0.2) is 5.76 Å². The lowest BCUT2D eigenvalue weighted by atomic mass is 10.1. The van der Waals surface area contributed by atoms with Gasteiger partial charge < -0.3 is 13.9 Å². The highest BCUT2D eigenvalue weighted by Crippen LogP contribution is 2.32. The molecule has 1 N–H and O–H groups in total. The number of carbonyl (C=O) groups is 1. The molecular weight excluding hydrogens is 456 g/mol. The Kier molecular flexibility index (Phi) is 6.48. The highest BCUT2D eigenvalue weighted by molar-refractivity contribution is 5.94. The lowest BCUT2D eigenvalue weighted by Crippen LogP contribution is -2.01. The second-order valence-corrected chi connectivity index (χ2v) is 7.99. The molecule has 0 unspecified atom stereocenters. The molecule has 0 aliphatic carbocycles. The summed E-state index contributed by atoms with van der Waals surface area (Å²) >= 11 is 0. The minimum atomic E-state index is -0.518. The molecule has 0 fully saturated rings. The van der Waals surface area contributed by atoms with Gasteiger partial charge in [-0.1, -0.05) is 48.5 Å². The molecule has 0 aliphatic rings. The van der Waals surface area contributed by atoms with Crippen molar-refractivity contribution in [2.45, 2.75) is 6.54 Å². The van der Waals surface area contributed by atoms with Crippen molar-refractivity contribution < 1.29 is 18.7 Å². The van der Waals surface area contributed by atoms with E-state index in [-0.39, 0.29) is 5.76 Å². The smallest absolute Gasteiger partial charge is 0.373 e. The molecule has 6 aromatic rings. The molecule has 0 radical (unpaired) electrons. The lowest BCUT2D eigenvalue weighted by molar-refractivity contribution is 0.0566. The van der Waals surface area contributed by atoms with Crippen LogP contribution in [-0.2, 0) is 11.3 Å². The van der Waals surface area contributed by atoms with Gasteiger partial charge >= 0.3 is 5.97 Å². The van der Waals surface area contributed by atoms with Crippen molar-refractivity contribution in [3.8, 4) is 17.2 Å². The highest BCUT2D eigenvalue weighted by atomic mass is 16.5. The maximum Gasteiger partial charge on any atom is 0.373 e. The quantitative estimate of drug-likeness (QED) is 0.318. The second-order valence-electron chi connectivity index (χ2n) is 7.99. The van der Waals surface area contributed by atoms with Crippen LogP contribution in [0.25, 0.3) is 33.3 Å². The summed E-state index contributed by atoms with van der Waals surface area (Å²) in [6.45, 7) is 0.606. The number of fused-ring (bicyclic) bond motifs is 2. The van der Waals surface area contributed by atoms with Crippen LogP contribution in [0.3, 0.4) is 0 Å². The van der Waals surface area contributed by atoms with Crippen molar-refractivity contribution in [1.29, 1.82) is 0 Å². The van der Waals surface area contributed by atoms with Crippen molar-refractivity contribution >= 4 is 27.8 Å². The highest BCUT2D eigenvalue weighted by Gasteiger charge is 2.19. The van der Waals surface area contributed by atoms with Gasteiger partial charge in [-0.15, -0.1) is 0 Å². The molecule has 36 heavy (non-hydrogen) atoms. The van der Waals surface area contributed by atoms with Crippen LogP contribution in [0.2, 0.25) is 0 Å². The van der Waals surface area contributed by atoms with E-state index < -0.39 is 5.97 Å². The van der Waals surface area contributed by atoms with Crippen LogP contribution in [0.1, 0.15) is 16.1 Å². The van der Waals surface area contributed by atoms with Gasteiger partial charge in [0.2, 0.25) is 5.76 Å². The Morgan fingerprint density at radius 2 is 1.78 bits per heavy atom. The van der Waals surface area contributed by atoms with E-state index in [0.29, 0.717) is 18.0 Å². The van der Waals surface area contributed by atoms with Crippen LogP contribution in [0, 0.1) is 0 Å². The third-order valence-electron chi connectivity index (χ3n) is 5.71. The standard InChI is InChI=1S/C21H18N2O4.C7H6N2/c1-25-15-8-9-16-17(12-15)23(13-14-6-4-3-5-7-14)22-20(16)18-10-11-19(27-18)21(24)26-2;1-2-4-7-6(3-1)5-8-9-7/h3-12H,13H2,1-2H3;1-5H,(H,8,9). The van der Waals surface area contributed by atoms with Crippen LogP contribution in [0.4, 0.5) is 0 Å². The molecule has 8 nitrogen and oxygen atoms in total. The lowest BCUT2D eigenvalue weighted by Gasteiger charge is -2.05. The summed E-state index contributed by atoms with van der Waals surface area (Å²) in [5, 5.41) is 13.6. The van der Waals surface area contributed by atoms with Crippen LogP contribution >= 0.6 is 0 Å². The summed E-state index contributed by atoms with van der Waals surface area (Å²) in [6, 6.07) is 27.2. The van der Waals surface area contributed by atoms with E-state index in [9.17, 15) is 4.79 Å². The molecular formula is C28H24N4O4. The number of hydrogen-bond donors (Lipinski definition) is 1. The van der Waals surface area contributed by atoms with E-state index in [1.807, 2.05) is 71.5 Å². The van der Waals surface area contributed by atoms with E-state index in [1.54, 1.807) is 19.2 Å². The summed E-state index contributed by atoms with van der Waals surface area (Å²) in [7, 11) is 2.95. The first-order chi connectivity index (χ1) is 17.7. The Morgan fingerprint density at radius 3 is 2.56 bits per heavy atom. The molecule has 6 rings (SSSR count). The Morgan fingerprint density at radius 1 is 0.972 bits per heavy atom. The van der Waals surface area contributed by atoms with E-state index in [4.69, 9.17) is 19.0 Å². The number of esters is 1. The van der Waals surface area contributed by atoms with Crippen molar-refractivity contribution in [3.63, 3.8) is 0 Å². The molecule has 8 heteroatoms. The maximum absolute atomic E-state index is 11.7. The fourth-order valence-corrected chi connectivity index (χ4v) is 3.90. The minimum absolute atomic E-state index is 0.145. The largest absolute Gasteiger partial charge is 0.497 e. The number of H-pyrrole nitrogens is 1. The van der Waals surface area contributed by atoms with Crippen LogP contribution in [-0.4, -0.2) is 40.2 Å².